The van der Waals surface area contributed by atoms with Crippen LogP contribution in [0.3, 0.4) is 0 Å². The third-order valence-electron chi connectivity index (χ3n) is 7.20. The summed E-state index contributed by atoms with van der Waals surface area (Å²) in [5.41, 5.74) is 1.71. The lowest BCUT2D eigenvalue weighted by molar-refractivity contribution is -0.137. The van der Waals surface area contributed by atoms with Crippen LogP contribution in [0, 0.1) is 5.92 Å². The van der Waals surface area contributed by atoms with E-state index < -0.39 is 29.9 Å². The number of alkyl halides is 3. The normalized spacial score (nSPS) is 20.3. The van der Waals surface area contributed by atoms with Crippen LogP contribution in [-0.4, -0.2) is 70.7 Å². The molecule has 11 heteroatoms. The number of aromatic nitrogens is 1. The van der Waals surface area contributed by atoms with Crippen molar-refractivity contribution >= 4 is 23.2 Å². The van der Waals surface area contributed by atoms with Gasteiger partial charge in [-0.25, -0.2) is 9.78 Å². The van der Waals surface area contributed by atoms with Crippen molar-refractivity contribution in [3.63, 3.8) is 0 Å². The number of benzene rings is 1. The fraction of sp³-hybridized carbons (Fsp3) is 0.464. The Bertz CT molecular complexity index is 1230. The zero-order valence-corrected chi connectivity index (χ0v) is 22.2. The van der Waals surface area contributed by atoms with Crippen LogP contribution in [0.5, 0.6) is 5.88 Å². The number of hydrogen-bond donors (Lipinski definition) is 2. The summed E-state index contributed by atoms with van der Waals surface area (Å²) in [4.78, 5) is 33.9. The van der Waals surface area contributed by atoms with Gasteiger partial charge in [-0.05, 0) is 67.7 Å². The van der Waals surface area contributed by atoms with Gasteiger partial charge in [0.1, 0.15) is 11.7 Å². The second-order valence-electron chi connectivity index (χ2n) is 10.2. The summed E-state index contributed by atoms with van der Waals surface area (Å²) >= 11 is 0. The topological polar surface area (TPSA) is 95.0 Å². The van der Waals surface area contributed by atoms with E-state index in [-0.39, 0.29) is 43.1 Å². The highest BCUT2D eigenvalue weighted by Crippen LogP contribution is 2.33. The number of pyridine rings is 1. The lowest BCUT2D eigenvalue weighted by Gasteiger charge is -2.37. The largest absolute Gasteiger partial charge is 0.472 e. The summed E-state index contributed by atoms with van der Waals surface area (Å²) in [5, 5.41) is 12.4. The summed E-state index contributed by atoms with van der Waals surface area (Å²) in [5.74, 6) is -0.361. The predicted octanol–water partition coefficient (Wildman–Crippen LogP) is 5.05. The molecule has 4 rings (SSSR count). The first-order valence-electron chi connectivity index (χ1n) is 12.9. The first-order valence-corrected chi connectivity index (χ1v) is 12.9. The molecule has 3 amide bonds. The number of anilines is 1. The summed E-state index contributed by atoms with van der Waals surface area (Å²) in [6.07, 6.45) is 1.74. The molecule has 8 nitrogen and oxygen atoms in total. The van der Waals surface area contributed by atoms with Crippen molar-refractivity contribution in [1.29, 1.82) is 0 Å². The number of ether oxygens (including phenoxy) is 1. The van der Waals surface area contributed by atoms with Gasteiger partial charge in [-0.15, -0.1) is 0 Å². The monoisotopic (exact) mass is 546 g/mol. The Balaban J connectivity index is 1.55. The van der Waals surface area contributed by atoms with Gasteiger partial charge in [0.25, 0.3) is 5.91 Å². The number of nitrogens with zero attached hydrogens (tertiary/aromatic N) is 3. The number of halogens is 3. The Kier molecular flexibility index (Phi) is 8.48. The number of rotatable bonds is 6. The molecule has 0 fully saturated rings. The molecule has 2 N–H and O–H groups in total. The molecular weight excluding hydrogens is 513 g/mol. The van der Waals surface area contributed by atoms with E-state index in [1.807, 2.05) is 6.92 Å². The average Bonchev–Trinajstić information content (AvgIpc) is 3.45. The quantitative estimate of drug-likeness (QED) is 0.529. The molecule has 2 heterocycles. The molecule has 39 heavy (non-hydrogen) atoms. The Morgan fingerprint density at radius 3 is 2.64 bits per heavy atom. The molecule has 0 bridgehead atoms. The average molecular weight is 547 g/mol. The van der Waals surface area contributed by atoms with Gasteiger partial charge in [0, 0.05) is 31.4 Å². The van der Waals surface area contributed by atoms with Gasteiger partial charge in [-0.2, -0.15) is 13.2 Å². The molecule has 1 aromatic heterocycles. The van der Waals surface area contributed by atoms with Crippen LogP contribution in [0.25, 0.3) is 5.57 Å². The Labute approximate surface area is 225 Å². The highest BCUT2D eigenvalue weighted by atomic mass is 19.4. The maximum atomic E-state index is 13.6. The minimum absolute atomic E-state index is 0.122. The number of likely N-dealkylation sites (N-methyl/N-ethyl adjacent to an activating group) is 1. The molecule has 1 aromatic carbocycles. The molecule has 210 valence electrons. The zero-order valence-electron chi connectivity index (χ0n) is 22.2. The summed E-state index contributed by atoms with van der Waals surface area (Å²) < 4.78 is 44.8. The van der Waals surface area contributed by atoms with Gasteiger partial charge >= 0.3 is 12.2 Å². The second kappa shape index (κ2) is 11.6. The molecule has 0 saturated carbocycles. The molecule has 2 aliphatic rings. The van der Waals surface area contributed by atoms with Gasteiger partial charge in [-0.3, -0.25) is 4.79 Å². The first kappa shape index (κ1) is 28.4. The van der Waals surface area contributed by atoms with Crippen molar-refractivity contribution in [1.82, 2.24) is 14.8 Å². The molecule has 0 radical (unpaired) electrons. The Hall–Kier alpha value is -3.60. The standard InChI is InChI=1S/C28H33F3N4O4/c1-17-14-35(18(2)16-36)26(37)23-12-20(19-6-4-5-7-19)13-32-25(23)39-24(17)15-34(3)27(38)33-22-10-8-21(9-11-22)28(29,30)31/h6,8-13,17-18,24,36H,4-5,7,14-16H2,1-3H3,(H,33,38)/t17-,18+,24-/m0/s1. The van der Waals surface area contributed by atoms with Crippen molar-refractivity contribution < 1.29 is 32.6 Å². The lowest BCUT2D eigenvalue weighted by atomic mass is 9.99. The van der Waals surface area contributed by atoms with Crippen molar-refractivity contribution in [2.24, 2.45) is 5.92 Å². The molecule has 1 aliphatic carbocycles. The number of aliphatic hydroxyl groups excluding tert-OH is 1. The number of amides is 3. The molecular formula is C28H33F3N4O4. The highest BCUT2D eigenvalue weighted by molar-refractivity contribution is 5.97. The van der Waals surface area contributed by atoms with E-state index in [1.165, 1.54) is 17.0 Å². The Morgan fingerprint density at radius 1 is 1.31 bits per heavy atom. The fourth-order valence-electron chi connectivity index (χ4n) is 4.74. The minimum Gasteiger partial charge on any atom is -0.472 e. The summed E-state index contributed by atoms with van der Waals surface area (Å²) in [7, 11) is 1.55. The number of aliphatic hydroxyl groups is 1. The van der Waals surface area contributed by atoms with Crippen molar-refractivity contribution in [2.45, 2.75) is 51.4 Å². The third-order valence-corrected chi connectivity index (χ3v) is 7.20. The molecule has 2 aromatic rings. The van der Waals surface area contributed by atoms with Crippen molar-refractivity contribution in [3.05, 3.63) is 59.3 Å². The van der Waals surface area contributed by atoms with Gasteiger partial charge in [-0.1, -0.05) is 13.0 Å². The van der Waals surface area contributed by atoms with E-state index in [0.717, 1.165) is 42.5 Å². The van der Waals surface area contributed by atoms with Crippen LogP contribution in [-0.2, 0) is 6.18 Å². The molecule has 0 saturated heterocycles. The third kappa shape index (κ3) is 6.52. The molecule has 0 unspecified atom stereocenters. The summed E-state index contributed by atoms with van der Waals surface area (Å²) in [6.45, 7) is 3.84. The van der Waals surface area contributed by atoms with Crippen LogP contribution in [0.4, 0.5) is 23.7 Å². The van der Waals surface area contributed by atoms with Crippen LogP contribution >= 0.6 is 0 Å². The maximum absolute atomic E-state index is 13.6. The molecule has 1 aliphatic heterocycles. The van der Waals surface area contributed by atoms with E-state index in [2.05, 4.69) is 16.4 Å². The number of carbonyl (C=O) groups is 2. The van der Waals surface area contributed by atoms with Crippen LogP contribution < -0.4 is 10.1 Å². The van der Waals surface area contributed by atoms with Crippen LogP contribution in [0.1, 0.15) is 54.6 Å². The highest BCUT2D eigenvalue weighted by Gasteiger charge is 2.35. The number of urea groups is 1. The first-order chi connectivity index (χ1) is 18.5. The van der Waals surface area contributed by atoms with Gasteiger partial charge < -0.3 is 25.0 Å². The smallest absolute Gasteiger partial charge is 0.416 e. The van der Waals surface area contributed by atoms with Gasteiger partial charge in [0.2, 0.25) is 5.88 Å². The predicted molar refractivity (Wildman–Crippen MR) is 140 cm³/mol. The number of hydrogen-bond acceptors (Lipinski definition) is 5. The van der Waals surface area contributed by atoms with Gasteiger partial charge in [0.05, 0.1) is 24.8 Å². The lowest BCUT2D eigenvalue weighted by Crippen LogP contribution is -2.50. The molecule has 0 spiro atoms. The van der Waals surface area contributed by atoms with E-state index in [9.17, 15) is 27.9 Å². The Morgan fingerprint density at radius 2 is 2.03 bits per heavy atom. The van der Waals surface area contributed by atoms with E-state index in [0.29, 0.717) is 5.56 Å². The van der Waals surface area contributed by atoms with E-state index in [4.69, 9.17) is 4.74 Å². The van der Waals surface area contributed by atoms with E-state index in [1.54, 1.807) is 31.1 Å². The van der Waals surface area contributed by atoms with Crippen LogP contribution in [0.15, 0.2) is 42.6 Å². The number of carbonyl (C=O) groups excluding carboxylic acids is 2. The number of nitrogens with one attached hydrogen (secondary N) is 1. The van der Waals surface area contributed by atoms with Gasteiger partial charge in [0.15, 0.2) is 0 Å². The SMILES string of the molecule is C[C@H](CO)N1C[C@H](C)[C@H](CN(C)C(=O)Nc2ccc(C(F)(F)F)cc2)Oc2ncc(C3=CCCC3)cc2C1=O. The van der Waals surface area contributed by atoms with Crippen LogP contribution in [0.2, 0.25) is 0 Å². The zero-order chi connectivity index (χ0) is 28.3. The fourth-order valence-corrected chi connectivity index (χ4v) is 4.74. The number of fused-ring (bicyclic) bond motifs is 1. The number of allylic oxidation sites excluding steroid dienone is 2. The summed E-state index contributed by atoms with van der Waals surface area (Å²) in [6, 6.07) is 5.01. The molecule has 3 atom stereocenters. The van der Waals surface area contributed by atoms with Crippen molar-refractivity contribution in [2.75, 3.05) is 32.1 Å². The maximum Gasteiger partial charge on any atom is 0.416 e. The second-order valence-corrected chi connectivity index (χ2v) is 10.2. The van der Waals surface area contributed by atoms with Crippen molar-refractivity contribution in [3.8, 4) is 5.88 Å². The minimum atomic E-state index is -4.47. The van der Waals surface area contributed by atoms with E-state index >= 15 is 0 Å².